The van der Waals surface area contributed by atoms with Crippen molar-refractivity contribution in [1.82, 2.24) is 5.43 Å². The number of benzene rings is 3. The monoisotopic (exact) mass is 508 g/mol. The van der Waals surface area contributed by atoms with Gasteiger partial charge in [0.15, 0.2) is 17.6 Å². The Bertz CT molecular complexity index is 1310. The number of hydrogen-bond donors (Lipinski definition) is 8. The lowest BCUT2D eigenvalue weighted by atomic mass is 9.99. The van der Waals surface area contributed by atoms with E-state index in [1.807, 2.05) is 6.07 Å². The molecule has 0 bridgehead atoms. The molecule has 4 unspecified atom stereocenters. The number of quaternary nitrogens is 2. The second kappa shape index (κ2) is 11.3. The van der Waals surface area contributed by atoms with E-state index in [0.29, 0.717) is 0 Å². The fraction of sp³-hybridized carbons (Fsp3) is 0.125. The predicted molar refractivity (Wildman–Crippen MR) is 132 cm³/mol. The Morgan fingerprint density at radius 3 is 2.32 bits per heavy atom. The molecule has 8 N–H and O–H groups in total. The number of aliphatic hydroxyl groups is 2. The lowest BCUT2D eigenvalue weighted by Crippen LogP contribution is -2.99. The lowest BCUT2D eigenvalue weighted by molar-refractivity contribution is -0.991. The Morgan fingerprint density at radius 2 is 1.68 bits per heavy atom. The maximum Gasteiger partial charge on any atom is 0.244 e. The number of nitrogens with one attached hydrogen (secondary N) is 4. The highest BCUT2D eigenvalue weighted by Crippen LogP contribution is 2.32. The third-order valence-corrected chi connectivity index (χ3v) is 5.54. The second-order valence-corrected chi connectivity index (χ2v) is 8.11. The largest absolute Gasteiger partial charge is 0.595 e. The zero-order valence-electron chi connectivity index (χ0n) is 19.2. The average molecular weight is 508 g/mol. The van der Waals surface area contributed by atoms with Gasteiger partial charge in [-0.1, -0.05) is 30.3 Å². The van der Waals surface area contributed by atoms with Crippen LogP contribution < -0.4 is 21.2 Å². The van der Waals surface area contributed by atoms with Crippen molar-refractivity contribution in [3.63, 3.8) is 0 Å². The molecule has 0 saturated carbocycles. The van der Waals surface area contributed by atoms with Crippen LogP contribution in [0, 0.1) is 10.4 Å². The number of hydrazone groups is 1. The maximum absolute atomic E-state index is 12.5. The molecule has 1 amide bonds. The Morgan fingerprint density at radius 1 is 1.03 bits per heavy atom. The molecule has 0 aromatic heterocycles. The van der Waals surface area contributed by atoms with Crippen molar-refractivity contribution in [2.24, 2.45) is 10.1 Å². The van der Waals surface area contributed by atoms with E-state index in [0.717, 1.165) is 5.56 Å². The molecule has 1 heterocycles. The number of aliphatic imine (C=N–C) groups is 1. The summed E-state index contributed by atoms with van der Waals surface area (Å²) in [6.07, 6.45) is -3.00. The minimum absolute atomic E-state index is 0.00507. The zero-order chi connectivity index (χ0) is 26.5. The third kappa shape index (κ3) is 6.21. The van der Waals surface area contributed by atoms with Gasteiger partial charge in [-0.3, -0.25) is 4.79 Å². The molecule has 13 heteroatoms. The van der Waals surface area contributed by atoms with Gasteiger partial charge in [-0.2, -0.15) is 15.6 Å². The number of anilines is 1. The highest BCUT2D eigenvalue weighted by Gasteiger charge is 2.30. The van der Waals surface area contributed by atoms with Gasteiger partial charge in [0.05, 0.1) is 17.8 Å². The Balaban J connectivity index is 1.68. The minimum Gasteiger partial charge on any atom is -0.595 e. The van der Waals surface area contributed by atoms with E-state index in [2.05, 4.69) is 20.8 Å². The molecule has 0 fully saturated rings. The summed E-state index contributed by atoms with van der Waals surface area (Å²) in [7, 11) is 0. The first kappa shape index (κ1) is 26.0. The molecule has 0 radical (unpaired) electrons. The number of aliphatic hydroxyl groups excluding tert-OH is 2. The third-order valence-electron chi connectivity index (χ3n) is 5.54. The van der Waals surface area contributed by atoms with Crippen LogP contribution in [0.15, 0.2) is 82.9 Å². The fourth-order valence-electron chi connectivity index (χ4n) is 3.65. The molecule has 4 rings (SSSR count). The Hall–Kier alpha value is -4.05. The van der Waals surface area contributed by atoms with Crippen molar-refractivity contribution >= 4 is 40.1 Å². The van der Waals surface area contributed by atoms with Gasteiger partial charge in [0.1, 0.15) is 17.5 Å². The van der Waals surface area contributed by atoms with Crippen LogP contribution in [-0.2, 0) is 11.2 Å². The Labute approximate surface area is 210 Å². The average Bonchev–Trinajstić information content (AvgIpc) is 2.89. The van der Waals surface area contributed by atoms with Crippen LogP contribution in [0.25, 0.3) is 0 Å². The van der Waals surface area contributed by atoms with E-state index in [1.54, 1.807) is 24.3 Å². The van der Waals surface area contributed by atoms with Crippen molar-refractivity contribution in [2.45, 2.75) is 18.8 Å². The van der Waals surface area contributed by atoms with E-state index in [4.69, 9.17) is 5.21 Å². The SMILES string of the molecule is O=C(Cc1ccccc1)N/N=C(/C1=Nc2ccc([NH+]([O-])O)cc2NC1O)C(O)c1ccc([NH+]([O-])O)cc1. The van der Waals surface area contributed by atoms with Crippen LogP contribution in [0.2, 0.25) is 0 Å². The van der Waals surface area contributed by atoms with E-state index < -0.39 is 28.7 Å². The van der Waals surface area contributed by atoms with E-state index in [9.17, 15) is 30.6 Å². The van der Waals surface area contributed by atoms with Gasteiger partial charge in [0, 0.05) is 24.3 Å². The number of amides is 1. The van der Waals surface area contributed by atoms with E-state index >= 15 is 0 Å². The quantitative estimate of drug-likeness (QED) is 0.150. The summed E-state index contributed by atoms with van der Waals surface area (Å²) < 4.78 is 0. The summed E-state index contributed by atoms with van der Waals surface area (Å²) >= 11 is 0. The maximum atomic E-state index is 12.5. The molecule has 1 aliphatic heterocycles. The van der Waals surface area contributed by atoms with Gasteiger partial charge in [0.25, 0.3) is 0 Å². The van der Waals surface area contributed by atoms with Crippen LogP contribution in [0.3, 0.4) is 0 Å². The minimum atomic E-state index is -1.51. The second-order valence-electron chi connectivity index (χ2n) is 8.11. The molecule has 0 aliphatic carbocycles. The molecule has 1 aliphatic rings. The van der Waals surface area contributed by atoms with Crippen LogP contribution >= 0.6 is 0 Å². The molecule has 0 saturated heterocycles. The molecular formula is C24H24N6O7. The number of fused-ring (bicyclic) bond motifs is 1. The first-order valence-electron chi connectivity index (χ1n) is 11.1. The first-order valence-corrected chi connectivity index (χ1v) is 11.1. The fourth-order valence-corrected chi connectivity index (χ4v) is 3.65. The standard InChI is InChI=1S/C24H24N6O7/c31-20(12-14-4-2-1-3-5-14)27-28-21(23(32)15-6-8-16(9-7-15)29(34)35)22-24(33)26-19-13-17(30(36)37)10-11-18(19)25-22/h1-11,13,23-24,26,29-30,32-34,36H,12H2,(H,27,31)/b28-21-. The summed E-state index contributed by atoms with van der Waals surface area (Å²) in [5.41, 5.74) is 3.56. The summed E-state index contributed by atoms with van der Waals surface area (Å²) in [6.45, 7) is 0. The summed E-state index contributed by atoms with van der Waals surface area (Å²) in [5.74, 6) is -0.484. The smallest absolute Gasteiger partial charge is 0.244 e. The molecular weight excluding hydrogens is 484 g/mol. The molecule has 4 atom stereocenters. The van der Waals surface area contributed by atoms with E-state index in [-0.39, 0.29) is 46.2 Å². The first-order chi connectivity index (χ1) is 17.7. The van der Waals surface area contributed by atoms with Gasteiger partial charge < -0.3 is 25.9 Å². The van der Waals surface area contributed by atoms with Crippen molar-refractivity contribution in [3.05, 3.63) is 94.3 Å². The van der Waals surface area contributed by atoms with Crippen LogP contribution in [0.1, 0.15) is 17.2 Å². The molecule has 192 valence electrons. The highest BCUT2D eigenvalue weighted by molar-refractivity contribution is 6.46. The zero-order valence-corrected chi connectivity index (χ0v) is 19.2. The van der Waals surface area contributed by atoms with Gasteiger partial charge >= 0.3 is 0 Å². The number of carbonyl (C=O) groups is 1. The Kier molecular flexibility index (Phi) is 7.98. The normalized spacial score (nSPS) is 17.6. The molecule has 3 aromatic rings. The van der Waals surface area contributed by atoms with E-state index in [1.165, 1.54) is 42.5 Å². The summed E-state index contributed by atoms with van der Waals surface area (Å²) in [5, 5.41) is 67.2. The van der Waals surface area contributed by atoms with Crippen LogP contribution in [-0.4, -0.2) is 44.2 Å². The molecule has 0 spiro atoms. The number of hydrogen-bond acceptors (Lipinski definition) is 10. The van der Waals surface area contributed by atoms with Crippen molar-refractivity contribution in [1.29, 1.82) is 0 Å². The lowest BCUT2D eigenvalue weighted by Gasteiger charge is -2.26. The summed E-state index contributed by atoms with van der Waals surface area (Å²) in [4.78, 5) is 16.9. The van der Waals surface area contributed by atoms with Crippen molar-refractivity contribution in [3.8, 4) is 0 Å². The topological polar surface area (TPSA) is 202 Å². The summed E-state index contributed by atoms with van der Waals surface area (Å²) in [6, 6.07) is 18.3. The molecule has 37 heavy (non-hydrogen) atoms. The van der Waals surface area contributed by atoms with Gasteiger partial charge in [0.2, 0.25) is 5.91 Å². The molecule has 13 nitrogen and oxygen atoms in total. The van der Waals surface area contributed by atoms with Gasteiger partial charge in [-0.15, -0.1) is 0 Å². The van der Waals surface area contributed by atoms with Crippen LogP contribution in [0.4, 0.5) is 22.7 Å². The van der Waals surface area contributed by atoms with Crippen LogP contribution in [0.5, 0.6) is 0 Å². The van der Waals surface area contributed by atoms with Gasteiger partial charge in [-0.25, -0.2) is 20.8 Å². The van der Waals surface area contributed by atoms with Gasteiger partial charge in [-0.05, 0) is 29.3 Å². The number of nitrogens with zero attached hydrogens (tertiary/aromatic N) is 2. The molecule has 3 aromatic carbocycles. The predicted octanol–water partition coefficient (Wildman–Crippen LogP) is -0.242. The van der Waals surface area contributed by atoms with Crippen molar-refractivity contribution < 1.29 is 35.9 Å². The highest BCUT2D eigenvalue weighted by atomic mass is 16.8. The van der Waals surface area contributed by atoms with Crippen molar-refractivity contribution in [2.75, 3.05) is 5.32 Å². The number of carbonyl (C=O) groups excluding carboxylic acids is 1. The number of rotatable bonds is 8.